The Kier molecular flexibility index (Phi) is 6.97. The second kappa shape index (κ2) is 8.24. The number of rotatable bonds is 9. The van der Waals surface area contributed by atoms with Gasteiger partial charge in [-0.15, -0.1) is 0 Å². The number of hydrogen-bond donors (Lipinski definition) is 1. The Balaban J connectivity index is 2.07. The SMILES string of the molecule is CN(CCNCCS(C)(=O)=O)CCc1ccccn1. The number of hydrogen-bond acceptors (Lipinski definition) is 5. The maximum absolute atomic E-state index is 10.9. The van der Waals surface area contributed by atoms with Gasteiger partial charge in [0, 0.05) is 50.7 Å². The second-order valence-electron chi connectivity index (χ2n) is 4.75. The summed E-state index contributed by atoms with van der Waals surface area (Å²) >= 11 is 0. The molecule has 0 atom stereocenters. The van der Waals surface area contributed by atoms with Gasteiger partial charge in [0.15, 0.2) is 0 Å². The number of sulfone groups is 1. The molecule has 1 rings (SSSR count). The summed E-state index contributed by atoms with van der Waals surface area (Å²) in [6.45, 7) is 3.17. The predicted molar refractivity (Wildman–Crippen MR) is 78.0 cm³/mol. The molecule has 19 heavy (non-hydrogen) atoms. The molecule has 0 saturated carbocycles. The molecular formula is C13H23N3O2S. The van der Waals surface area contributed by atoms with Crippen LogP contribution in [0.2, 0.25) is 0 Å². The standard InChI is InChI=1S/C13H23N3O2S/c1-16(10-6-13-5-3-4-7-15-13)11-8-14-9-12-19(2,17)18/h3-5,7,14H,6,8-12H2,1-2H3. The summed E-state index contributed by atoms with van der Waals surface area (Å²) in [5.41, 5.74) is 1.10. The zero-order valence-electron chi connectivity index (χ0n) is 11.7. The summed E-state index contributed by atoms with van der Waals surface area (Å²) in [5.74, 6) is 0.199. The van der Waals surface area contributed by atoms with Crippen molar-refractivity contribution in [2.45, 2.75) is 6.42 Å². The van der Waals surface area contributed by atoms with Gasteiger partial charge in [0.25, 0.3) is 0 Å². The quantitative estimate of drug-likeness (QED) is 0.656. The summed E-state index contributed by atoms with van der Waals surface area (Å²) < 4.78 is 21.9. The van der Waals surface area contributed by atoms with Crippen LogP contribution in [0.4, 0.5) is 0 Å². The van der Waals surface area contributed by atoms with E-state index in [0.717, 1.165) is 31.7 Å². The van der Waals surface area contributed by atoms with Crippen molar-refractivity contribution < 1.29 is 8.42 Å². The molecule has 1 aromatic rings. The van der Waals surface area contributed by atoms with Crippen LogP contribution >= 0.6 is 0 Å². The highest BCUT2D eigenvalue weighted by atomic mass is 32.2. The molecule has 0 unspecified atom stereocenters. The van der Waals surface area contributed by atoms with Crippen molar-refractivity contribution in [3.8, 4) is 0 Å². The van der Waals surface area contributed by atoms with E-state index in [1.807, 2.05) is 24.4 Å². The molecule has 1 N–H and O–H groups in total. The van der Waals surface area contributed by atoms with Crippen LogP contribution in [-0.2, 0) is 16.3 Å². The highest BCUT2D eigenvalue weighted by Crippen LogP contribution is 1.95. The summed E-state index contributed by atoms with van der Waals surface area (Å²) in [6.07, 6.45) is 4.00. The van der Waals surface area contributed by atoms with Crippen LogP contribution in [0.15, 0.2) is 24.4 Å². The van der Waals surface area contributed by atoms with E-state index in [2.05, 4.69) is 22.2 Å². The van der Waals surface area contributed by atoms with E-state index in [4.69, 9.17) is 0 Å². The molecule has 108 valence electrons. The Morgan fingerprint density at radius 3 is 2.68 bits per heavy atom. The van der Waals surface area contributed by atoms with Gasteiger partial charge in [0.1, 0.15) is 9.84 Å². The van der Waals surface area contributed by atoms with Gasteiger partial charge < -0.3 is 10.2 Å². The first-order chi connectivity index (χ1) is 8.97. The molecule has 0 fully saturated rings. The number of likely N-dealkylation sites (N-methyl/N-ethyl adjacent to an activating group) is 1. The summed E-state index contributed by atoms with van der Waals surface area (Å²) in [4.78, 5) is 6.49. The molecular weight excluding hydrogens is 262 g/mol. The van der Waals surface area contributed by atoms with Gasteiger partial charge >= 0.3 is 0 Å². The van der Waals surface area contributed by atoms with E-state index >= 15 is 0 Å². The minimum atomic E-state index is -2.86. The van der Waals surface area contributed by atoms with E-state index in [1.54, 1.807) is 0 Å². The third kappa shape index (κ3) is 8.69. The van der Waals surface area contributed by atoms with Crippen LogP contribution in [0.5, 0.6) is 0 Å². The van der Waals surface area contributed by atoms with Crippen LogP contribution in [0.1, 0.15) is 5.69 Å². The summed E-state index contributed by atoms with van der Waals surface area (Å²) in [5, 5.41) is 3.13. The van der Waals surface area contributed by atoms with Gasteiger partial charge in [-0.05, 0) is 19.2 Å². The van der Waals surface area contributed by atoms with Crippen molar-refractivity contribution >= 4 is 9.84 Å². The number of nitrogens with one attached hydrogen (secondary N) is 1. The van der Waals surface area contributed by atoms with Gasteiger partial charge in [-0.25, -0.2) is 8.42 Å². The Bertz CT molecular complexity index is 448. The third-order valence-electron chi connectivity index (χ3n) is 2.80. The number of nitrogens with zero attached hydrogens (tertiary/aromatic N) is 2. The van der Waals surface area contributed by atoms with Gasteiger partial charge in [0.2, 0.25) is 0 Å². The summed E-state index contributed by atoms with van der Waals surface area (Å²) in [7, 11) is -0.799. The Morgan fingerprint density at radius 2 is 2.05 bits per heavy atom. The Labute approximate surface area is 116 Å². The minimum Gasteiger partial charge on any atom is -0.314 e. The molecule has 1 heterocycles. The largest absolute Gasteiger partial charge is 0.314 e. The van der Waals surface area contributed by atoms with Crippen LogP contribution in [0.3, 0.4) is 0 Å². The lowest BCUT2D eigenvalue weighted by Crippen LogP contribution is -2.32. The maximum atomic E-state index is 10.9. The average molecular weight is 285 g/mol. The lowest BCUT2D eigenvalue weighted by atomic mass is 10.2. The first-order valence-corrected chi connectivity index (χ1v) is 8.50. The van der Waals surface area contributed by atoms with Crippen LogP contribution < -0.4 is 5.32 Å². The topological polar surface area (TPSA) is 62.3 Å². The van der Waals surface area contributed by atoms with Gasteiger partial charge in [-0.1, -0.05) is 6.07 Å². The van der Waals surface area contributed by atoms with Crippen LogP contribution in [0.25, 0.3) is 0 Å². The van der Waals surface area contributed by atoms with E-state index in [0.29, 0.717) is 6.54 Å². The number of aromatic nitrogens is 1. The van der Waals surface area contributed by atoms with Crippen LogP contribution in [-0.4, -0.2) is 63.5 Å². The van der Waals surface area contributed by atoms with E-state index in [9.17, 15) is 8.42 Å². The highest BCUT2D eigenvalue weighted by Gasteiger charge is 2.02. The van der Waals surface area contributed by atoms with Crippen molar-refractivity contribution in [3.05, 3.63) is 30.1 Å². The molecule has 0 spiro atoms. The Morgan fingerprint density at radius 1 is 1.26 bits per heavy atom. The van der Waals surface area contributed by atoms with Gasteiger partial charge in [-0.3, -0.25) is 4.98 Å². The molecule has 0 aliphatic rings. The first-order valence-electron chi connectivity index (χ1n) is 6.44. The van der Waals surface area contributed by atoms with Crippen molar-refractivity contribution in [2.75, 3.05) is 45.2 Å². The summed E-state index contributed by atoms with van der Waals surface area (Å²) in [6, 6.07) is 5.94. The molecule has 0 radical (unpaired) electrons. The fourth-order valence-corrected chi connectivity index (χ4v) is 2.13. The van der Waals surface area contributed by atoms with Crippen molar-refractivity contribution in [1.82, 2.24) is 15.2 Å². The average Bonchev–Trinajstić information content (AvgIpc) is 2.36. The molecule has 1 aromatic heterocycles. The molecule has 5 nitrogen and oxygen atoms in total. The maximum Gasteiger partial charge on any atom is 0.148 e. The van der Waals surface area contributed by atoms with E-state index in [1.165, 1.54) is 6.26 Å². The van der Waals surface area contributed by atoms with Crippen LogP contribution in [0, 0.1) is 0 Å². The van der Waals surface area contributed by atoms with Gasteiger partial charge in [-0.2, -0.15) is 0 Å². The minimum absolute atomic E-state index is 0.199. The zero-order valence-corrected chi connectivity index (χ0v) is 12.5. The highest BCUT2D eigenvalue weighted by molar-refractivity contribution is 7.90. The monoisotopic (exact) mass is 285 g/mol. The molecule has 0 aliphatic heterocycles. The van der Waals surface area contributed by atoms with Crippen molar-refractivity contribution in [2.24, 2.45) is 0 Å². The smallest absolute Gasteiger partial charge is 0.148 e. The molecule has 0 aliphatic carbocycles. The normalized spacial score (nSPS) is 11.9. The predicted octanol–water partition coefficient (Wildman–Crippen LogP) is 0.190. The molecule has 0 bridgehead atoms. The first kappa shape index (κ1) is 16.1. The third-order valence-corrected chi connectivity index (χ3v) is 3.74. The van der Waals surface area contributed by atoms with E-state index in [-0.39, 0.29) is 5.75 Å². The van der Waals surface area contributed by atoms with Crippen molar-refractivity contribution in [1.29, 1.82) is 0 Å². The fourth-order valence-electron chi connectivity index (χ4n) is 1.62. The molecule has 0 amide bonds. The number of pyridine rings is 1. The fraction of sp³-hybridized carbons (Fsp3) is 0.615. The lowest BCUT2D eigenvalue weighted by Gasteiger charge is -2.16. The molecule has 0 aromatic carbocycles. The van der Waals surface area contributed by atoms with Gasteiger partial charge in [0.05, 0.1) is 5.75 Å². The zero-order chi connectivity index (χ0) is 14.1. The lowest BCUT2D eigenvalue weighted by molar-refractivity contribution is 0.336. The molecule has 6 heteroatoms. The second-order valence-corrected chi connectivity index (χ2v) is 7.01. The molecule has 0 saturated heterocycles. The van der Waals surface area contributed by atoms with Crippen molar-refractivity contribution in [3.63, 3.8) is 0 Å². The van der Waals surface area contributed by atoms with E-state index < -0.39 is 9.84 Å². The Hall–Kier alpha value is -0.980.